The van der Waals surface area contributed by atoms with Crippen molar-refractivity contribution in [2.45, 2.75) is 6.92 Å². The van der Waals surface area contributed by atoms with Gasteiger partial charge in [-0.3, -0.25) is 19.8 Å². The summed E-state index contributed by atoms with van der Waals surface area (Å²) < 4.78 is 13.8. The van der Waals surface area contributed by atoms with Crippen LogP contribution in [0.3, 0.4) is 0 Å². The number of aromatic nitrogens is 4. The second kappa shape index (κ2) is 7.88. The fourth-order valence-corrected chi connectivity index (χ4v) is 2.86. The molecule has 30 heavy (non-hydrogen) atoms. The number of hydrogen-bond acceptors (Lipinski definition) is 5. The number of nitrogens with zero attached hydrogens (tertiary/aromatic N) is 4. The molecule has 0 aliphatic heterocycles. The topological polar surface area (TPSA) is 108 Å². The Morgan fingerprint density at radius 3 is 2.50 bits per heavy atom. The maximum absolute atomic E-state index is 13.0. The Kier molecular flexibility index (Phi) is 5.11. The average molecular weight is 425 g/mol. The molecule has 0 aliphatic rings. The zero-order valence-electron chi connectivity index (χ0n) is 15.6. The van der Waals surface area contributed by atoms with Crippen molar-refractivity contribution in [2.75, 3.05) is 0 Å². The lowest BCUT2D eigenvalue weighted by atomic mass is 10.1. The Hall–Kier alpha value is -3.85. The molecule has 2 heterocycles. The standard InChI is InChI=1S/C20H14ClFN6O2/c1-11-18(26-23-15-8-6-14(22)7-9-15)20(30)28(27-11)19(29)17-10-16(24-25-17)12-2-4-13(21)5-3-12/h2-10,27H,1H3,(H,24,25). The smallest absolute Gasteiger partial charge is 0.290 e. The molecule has 0 saturated heterocycles. The molecule has 0 saturated carbocycles. The first kappa shape index (κ1) is 19.5. The monoisotopic (exact) mass is 424 g/mol. The van der Waals surface area contributed by atoms with E-state index < -0.39 is 17.3 Å². The van der Waals surface area contributed by atoms with Gasteiger partial charge in [-0.15, -0.1) is 5.11 Å². The van der Waals surface area contributed by atoms with Gasteiger partial charge in [-0.2, -0.15) is 14.9 Å². The maximum Gasteiger partial charge on any atom is 0.302 e. The lowest BCUT2D eigenvalue weighted by Gasteiger charge is -1.96. The molecule has 8 nitrogen and oxygen atoms in total. The molecular weight excluding hydrogens is 411 g/mol. The SMILES string of the molecule is Cc1[nH]n(C(=O)c2cc(-c3ccc(Cl)cc3)n[nH]2)c(=O)c1N=Nc1ccc(F)cc1. The van der Waals surface area contributed by atoms with E-state index in [1.54, 1.807) is 31.2 Å². The molecule has 0 atom stereocenters. The molecule has 2 aromatic heterocycles. The fourth-order valence-electron chi connectivity index (χ4n) is 2.73. The van der Waals surface area contributed by atoms with Crippen LogP contribution in [0, 0.1) is 12.7 Å². The van der Waals surface area contributed by atoms with Crippen LogP contribution in [-0.2, 0) is 0 Å². The molecule has 0 amide bonds. The van der Waals surface area contributed by atoms with Crippen LogP contribution in [-0.4, -0.2) is 25.9 Å². The quantitative estimate of drug-likeness (QED) is 0.460. The molecule has 2 N–H and O–H groups in total. The number of H-pyrrole nitrogens is 2. The molecule has 2 aromatic carbocycles. The Bertz CT molecular complexity index is 1300. The summed E-state index contributed by atoms with van der Waals surface area (Å²) in [5, 5.41) is 17.9. The van der Waals surface area contributed by atoms with E-state index in [-0.39, 0.29) is 11.4 Å². The van der Waals surface area contributed by atoms with Crippen molar-refractivity contribution in [1.82, 2.24) is 20.0 Å². The minimum absolute atomic E-state index is 0.0230. The molecule has 0 fully saturated rings. The molecule has 0 bridgehead atoms. The average Bonchev–Trinajstić information content (AvgIpc) is 3.33. The van der Waals surface area contributed by atoms with Gasteiger partial charge in [0.15, 0.2) is 5.69 Å². The van der Waals surface area contributed by atoms with Gasteiger partial charge in [-0.25, -0.2) is 4.39 Å². The van der Waals surface area contributed by atoms with E-state index in [9.17, 15) is 14.0 Å². The summed E-state index contributed by atoms with van der Waals surface area (Å²) in [6, 6.07) is 13.8. The Balaban J connectivity index is 1.61. The van der Waals surface area contributed by atoms with Crippen molar-refractivity contribution in [3.63, 3.8) is 0 Å². The molecular formula is C20H14ClFN6O2. The maximum atomic E-state index is 13.0. The second-order valence-corrected chi connectivity index (χ2v) is 6.82. The highest BCUT2D eigenvalue weighted by atomic mass is 35.5. The highest BCUT2D eigenvalue weighted by molar-refractivity contribution is 6.30. The van der Waals surface area contributed by atoms with Gasteiger partial charge in [0.25, 0.3) is 5.91 Å². The number of carbonyl (C=O) groups excluding carboxylic acids is 1. The summed E-state index contributed by atoms with van der Waals surface area (Å²) in [6.45, 7) is 1.59. The first-order valence-electron chi connectivity index (χ1n) is 8.77. The predicted octanol–water partition coefficient (Wildman–Crippen LogP) is 4.77. The summed E-state index contributed by atoms with van der Waals surface area (Å²) in [7, 11) is 0. The molecule has 10 heteroatoms. The molecule has 0 unspecified atom stereocenters. The lowest BCUT2D eigenvalue weighted by Crippen LogP contribution is -2.25. The van der Waals surface area contributed by atoms with E-state index in [0.717, 1.165) is 10.2 Å². The summed E-state index contributed by atoms with van der Waals surface area (Å²) in [4.78, 5) is 25.4. The van der Waals surface area contributed by atoms with Crippen molar-refractivity contribution in [2.24, 2.45) is 10.2 Å². The number of halogens is 2. The minimum Gasteiger partial charge on any atom is -0.290 e. The van der Waals surface area contributed by atoms with Gasteiger partial charge in [0.05, 0.1) is 17.1 Å². The summed E-state index contributed by atoms with van der Waals surface area (Å²) >= 11 is 5.88. The zero-order chi connectivity index (χ0) is 21.3. The number of carbonyl (C=O) groups is 1. The lowest BCUT2D eigenvalue weighted by molar-refractivity contribution is 0.0936. The predicted molar refractivity (Wildman–Crippen MR) is 109 cm³/mol. The van der Waals surface area contributed by atoms with Crippen LogP contribution in [0.15, 0.2) is 69.6 Å². The van der Waals surface area contributed by atoms with Gasteiger partial charge in [0, 0.05) is 10.6 Å². The van der Waals surface area contributed by atoms with E-state index >= 15 is 0 Å². The minimum atomic E-state index is -0.661. The first-order chi connectivity index (χ1) is 14.4. The number of aryl methyl sites for hydroxylation is 1. The Labute approximate surface area is 174 Å². The van der Waals surface area contributed by atoms with Crippen molar-refractivity contribution in [1.29, 1.82) is 0 Å². The van der Waals surface area contributed by atoms with Crippen molar-refractivity contribution >= 4 is 28.9 Å². The number of hydrogen-bond donors (Lipinski definition) is 2. The Morgan fingerprint density at radius 1 is 1.10 bits per heavy atom. The van der Waals surface area contributed by atoms with Crippen LogP contribution in [0.4, 0.5) is 15.8 Å². The molecule has 0 radical (unpaired) electrons. The number of nitrogens with one attached hydrogen (secondary N) is 2. The first-order valence-corrected chi connectivity index (χ1v) is 9.15. The van der Waals surface area contributed by atoms with Gasteiger partial charge in [-0.1, -0.05) is 23.7 Å². The highest BCUT2D eigenvalue weighted by Gasteiger charge is 2.20. The van der Waals surface area contributed by atoms with Crippen LogP contribution in [0.1, 0.15) is 16.2 Å². The van der Waals surface area contributed by atoms with Crippen LogP contribution in [0.2, 0.25) is 5.02 Å². The van der Waals surface area contributed by atoms with E-state index in [2.05, 4.69) is 25.5 Å². The van der Waals surface area contributed by atoms with Crippen molar-refractivity contribution in [3.8, 4) is 11.3 Å². The van der Waals surface area contributed by atoms with Gasteiger partial charge >= 0.3 is 5.56 Å². The third-order valence-corrected chi connectivity index (χ3v) is 4.54. The third kappa shape index (κ3) is 3.83. The number of rotatable bonds is 4. The van der Waals surface area contributed by atoms with Crippen LogP contribution < -0.4 is 5.56 Å². The number of aromatic amines is 2. The number of benzene rings is 2. The van der Waals surface area contributed by atoms with Gasteiger partial charge in [-0.05, 0) is 49.4 Å². The third-order valence-electron chi connectivity index (χ3n) is 4.28. The highest BCUT2D eigenvalue weighted by Crippen LogP contribution is 2.21. The summed E-state index contributed by atoms with van der Waals surface area (Å²) in [6.07, 6.45) is 0. The van der Waals surface area contributed by atoms with E-state index in [0.29, 0.717) is 22.1 Å². The van der Waals surface area contributed by atoms with Gasteiger partial charge in [0.2, 0.25) is 0 Å². The van der Waals surface area contributed by atoms with Crippen LogP contribution in [0.25, 0.3) is 11.3 Å². The van der Waals surface area contributed by atoms with E-state index in [1.165, 1.54) is 30.3 Å². The van der Waals surface area contributed by atoms with E-state index in [4.69, 9.17) is 11.6 Å². The molecule has 150 valence electrons. The normalized spacial score (nSPS) is 11.3. The van der Waals surface area contributed by atoms with E-state index in [1.807, 2.05) is 0 Å². The fraction of sp³-hybridized carbons (Fsp3) is 0.0500. The zero-order valence-corrected chi connectivity index (χ0v) is 16.3. The van der Waals surface area contributed by atoms with Crippen molar-refractivity contribution in [3.05, 3.63) is 87.2 Å². The van der Waals surface area contributed by atoms with Crippen molar-refractivity contribution < 1.29 is 9.18 Å². The van der Waals surface area contributed by atoms with Crippen LogP contribution in [0.5, 0.6) is 0 Å². The van der Waals surface area contributed by atoms with Gasteiger partial charge < -0.3 is 0 Å². The molecule has 4 rings (SSSR count). The number of azo groups is 1. The molecule has 4 aromatic rings. The van der Waals surface area contributed by atoms with Crippen LogP contribution >= 0.6 is 11.6 Å². The largest absolute Gasteiger partial charge is 0.302 e. The molecule has 0 aliphatic carbocycles. The second-order valence-electron chi connectivity index (χ2n) is 6.38. The molecule has 0 spiro atoms. The summed E-state index contributed by atoms with van der Waals surface area (Å²) in [5.41, 5.74) is 1.45. The Morgan fingerprint density at radius 2 is 1.80 bits per heavy atom. The van der Waals surface area contributed by atoms with Gasteiger partial charge in [0.1, 0.15) is 11.5 Å². The summed E-state index contributed by atoms with van der Waals surface area (Å²) in [5.74, 6) is -1.03.